The van der Waals surface area contributed by atoms with Gasteiger partial charge in [0.25, 0.3) is 0 Å². The highest BCUT2D eigenvalue weighted by atomic mass is 14.9. The zero-order valence-corrected chi connectivity index (χ0v) is 9.33. The Morgan fingerprint density at radius 2 is 2.33 bits per heavy atom. The van der Waals surface area contributed by atoms with Crippen LogP contribution in [0.15, 0.2) is 18.3 Å². The van der Waals surface area contributed by atoms with Gasteiger partial charge in [-0.2, -0.15) is 5.26 Å². The lowest BCUT2D eigenvalue weighted by molar-refractivity contribution is 0.567. The number of rotatable bonds is 5. The van der Waals surface area contributed by atoms with E-state index in [4.69, 9.17) is 5.26 Å². The number of anilines is 1. The van der Waals surface area contributed by atoms with Gasteiger partial charge in [0.1, 0.15) is 11.8 Å². The molecule has 0 bridgehead atoms. The molecular weight excluding hydrogens is 186 g/mol. The van der Waals surface area contributed by atoms with Crippen LogP contribution in [0.25, 0.3) is 0 Å². The molecule has 0 aliphatic heterocycles. The standard InChI is InChI=1S/C12H17N3/c1-10(2)4-3-6-14-11-5-7-15-12(8-11)9-13/h5,7-8,10H,3-4,6H2,1-2H3,(H,14,15). The van der Waals surface area contributed by atoms with E-state index in [2.05, 4.69) is 24.1 Å². The molecule has 3 nitrogen and oxygen atoms in total. The van der Waals surface area contributed by atoms with Gasteiger partial charge in [0.15, 0.2) is 0 Å². The van der Waals surface area contributed by atoms with Crippen LogP contribution in [0.2, 0.25) is 0 Å². The molecule has 0 aliphatic rings. The highest BCUT2D eigenvalue weighted by molar-refractivity contribution is 5.45. The first-order valence-corrected chi connectivity index (χ1v) is 5.32. The molecule has 0 aliphatic carbocycles. The Morgan fingerprint density at radius 3 is 3.00 bits per heavy atom. The monoisotopic (exact) mass is 203 g/mol. The van der Waals surface area contributed by atoms with E-state index >= 15 is 0 Å². The maximum atomic E-state index is 8.67. The number of hydrogen-bond acceptors (Lipinski definition) is 3. The Kier molecular flexibility index (Phi) is 4.62. The summed E-state index contributed by atoms with van der Waals surface area (Å²) in [6, 6.07) is 5.68. The van der Waals surface area contributed by atoms with Crippen LogP contribution in [0.1, 0.15) is 32.4 Å². The smallest absolute Gasteiger partial charge is 0.142 e. The molecule has 1 aromatic heterocycles. The lowest BCUT2D eigenvalue weighted by Crippen LogP contribution is -2.03. The van der Waals surface area contributed by atoms with Crippen LogP contribution in [0.5, 0.6) is 0 Å². The molecule has 0 fully saturated rings. The van der Waals surface area contributed by atoms with Crippen molar-refractivity contribution in [3.05, 3.63) is 24.0 Å². The predicted octanol–water partition coefficient (Wildman–Crippen LogP) is 2.80. The van der Waals surface area contributed by atoms with Crippen LogP contribution < -0.4 is 5.32 Å². The van der Waals surface area contributed by atoms with E-state index in [-0.39, 0.29) is 0 Å². The van der Waals surface area contributed by atoms with Crippen molar-refractivity contribution in [1.82, 2.24) is 4.98 Å². The van der Waals surface area contributed by atoms with E-state index in [9.17, 15) is 0 Å². The topological polar surface area (TPSA) is 48.7 Å². The third kappa shape index (κ3) is 4.46. The molecule has 3 heteroatoms. The summed E-state index contributed by atoms with van der Waals surface area (Å²) in [4.78, 5) is 3.91. The molecule has 0 saturated carbocycles. The second-order valence-corrected chi connectivity index (χ2v) is 4.00. The zero-order valence-electron chi connectivity index (χ0n) is 9.33. The average molecular weight is 203 g/mol. The molecule has 0 amide bonds. The summed E-state index contributed by atoms with van der Waals surface area (Å²) < 4.78 is 0. The summed E-state index contributed by atoms with van der Waals surface area (Å²) in [5, 5.41) is 11.9. The van der Waals surface area contributed by atoms with Crippen LogP contribution in [0, 0.1) is 17.2 Å². The fourth-order valence-electron chi connectivity index (χ4n) is 1.34. The summed E-state index contributed by atoms with van der Waals surface area (Å²) in [5.41, 5.74) is 1.44. The lowest BCUT2D eigenvalue weighted by atomic mass is 10.1. The normalized spacial score (nSPS) is 10.0. The van der Waals surface area contributed by atoms with Crippen molar-refractivity contribution in [2.24, 2.45) is 5.92 Å². The highest BCUT2D eigenvalue weighted by Crippen LogP contribution is 2.08. The van der Waals surface area contributed by atoms with E-state index < -0.39 is 0 Å². The van der Waals surface area contributed by atoms with Crippen molar-refractivity contribution in [3.8, 4) is 6.07 Å². The summed E-state index contributed by atoms with van der Waals surface area (Å²) in [5.74, 6) is 0.749. The number of hydrogen-bond donors (Lipinski definition) is 1. The zero-order chi connectivity index (χ0) is 11.1. The summed E-state index contributed by atoms with van der Waals surface area (Å²) >= 11 is 0. The van der Waals surface area contributed by atoms with Gasteiger partial charge in [-0.25, -0.2) is 4.98 Å². The molecule has 0 unspecified atom stereocenters. The first-order chi connectivity index (χ1) is 7.22. The second kappa shape index (κ2) is 6.02. The molecule has 1 N–H and O–H groups in total. The van der Waals surface area contributed by atoms with Crippen LogP contribution in [0.4, 0.5) is 5.69 Å². The maximum absolute atomic E-state index is 8.67. The molecule has 1 rings (SSSR count). The minimum atomic E-state index is 0.462. The van der Waals surface area contributed by atoms with Gasteiger partial charge in [-0.05, 0) is 30.9 Å². The Labute approximate surface area is 91.1 Å². The van der Waals surface area contributed by atoms with Crippen molar-refractivity contribution in [2.45, 2.75) is 26.7 Å². The molecule has 0 spiro atoms. The SMILES string of the molecule is CC(C)CCCNc1ccnc(C#N)c1. The van der Waals surface area contributed by atoms with Gasteiger partial charge in [0.2, 0.25) is 0 Å². The van der Waals surface area contributed by atoms with Crippen LogP contribution in [-0.4, -0.2) is 11.5 Å². The van der Waals surface area contributed by atoms with Gasteiger partial charge in [0.05, 0.1) is 0 Å². The molecular formula is C12H17N3. The Bertz CT molecular complexity index is 339. The number of pyridine rings is 1. The maximum Gasteiger partial charge on any atom is 0.142 e. The predicted molar refractivity (Wildman–Crippen MR) is 61.5 cm³/mol. The molecule has 0 atom stereocenters. The fraction of sp³-hybridized carbons (Fsp3) is 0.500. The fourth-order valence-corrected chi connectivity index (χ4v) is 1.34. The number of aromatic nitrogens is 1. The quantitative estimate of drug-likeness (QED) is 0.748. The van der Waals surface area contributed by atoms with Gasteiger partial charge in [-0.3, -0.25) is 0 Å². The minimum Gasteiger partial charge on any atom is -0.385 e. The van der Waals surface area contributed by atoms with Crippen molar-refractivity contribution < 1.29 is 0 Å². The summed E-state index contributed by atoms with van der Waals surface area (Å²) in [6.07, 6.45) is 4.04. The largest absolute Gasteiger partial charge is 0.385 e. The number of nitrogens with zero attached hydrogens (tertiary/aromatic N) is 2. The Balaban J connectivity index is 2.35. The molecule has 0 aromatic carbocycles. The average Bonchev–Trinajstić information content (AvgIpc) is 2.24. The van der Waals surface area contributed by atoms with E-state index in [0.29, 0.717) is 5.69 Å². The van der Waals surface area contributed by atoms with E-state index in [1.807, 2.05) is 12.1 Å². The van der Waals surface area contributed by atoms with E-state index in [0.717, 1.165) is 24.6 Å². The van der Waals surface area contributed by atoms with Crippen molar-refractivity contribution >= 4 is 5.69 Å². The lowest BCUT2D eigenvalue weighted by Gasteiger charge is -2.07. The summed E-state index contributed by atoms with van der Waals surface area (Å²) in [6.45, 7) is 5.40. The third-order valence-corrected chi connectivity index (χ3v) is 2.16. The van der Waals surface area contributed by atoms with E-state index in [1.165, 1.54) is 6.42 Å². The minimum absolute atomic E-state index is 0.462. The van der Waals surface area contributed by atoms with Crippen LogP contribution in [0.3, 0.4) is 0 Å². The Hall–Kier alpha value is -1.56. The second-order valence-electron chi connectivity index (χ2n) is 4.00. The first-order valence-electron chi connectivity index (χ1n) is 5.32. The van der Waals surface area contributed by atoms with Crippen molar-refractivity contribution in [3.63, 3.8) is 0 Å². The molecule has 80 valence electrons. The van der Waals surface area contributed by atoms with Gasteiger partial charge >= 0.3 is 0 Å². The van der Waals surface area contributed by atoms with Crippen molar-refractivity contribution in [2.75, 3.05) is 11.9 Å². The highest BCUT2D eigenvalue weighted by Gasteiger charge is 1.96. The molecule has 1 aromatic rings. The van der Waals surface area contributed by atoms with Gasteiger partial charge < -0.3 is 5.32 Å². The van der Waals surface area contributed by atoms with E-state index in [1.54, 1.807) is 12.3 Å². The van der Waals surface area contributed by atoms with Crippen LogP contribution >= 0.6 is 0 Å². The number of nitrogens with one attached hydrogen (secondary N) is 1. The Morgan fingerprint density at radius 1 is 1.53 bits per heavy atom. The molecule has 0 radical (unpaired) electrons. The summed E-state index contributed by atoms with van der Waals surface area (Å²) in [7, 11) is 0. The molecule has 1 heterocycles. The van der Waals surface area contributed by atoms with Gasteiger partial charge in [-0.15, -0.1) is 0 Å². The molecule has 0 saturated heterocycles. The van der Waals surface area contributed by atoms with Gasteiger partial charge in [-0.1, -0.05) is 13.8 Å². The third-order valence-electron chi connectivity index (χ3n) is 2.16. The van der Waals surface area contributed by atoms with Crippen LogP contribution in [-0.2, 0) is 0 Å². The first kappa shape index (κ1) is 11.5. The number of nitriles is 1. The molecule has 15 heavy (non-hydrogen) atoms. The van der Waals surface area contributed by atoms with Gasteiger partial charge in [0, 0.05) is 18.4 Å². The van der Waals surface area contributed by atoms with Crippen molar-refractivity contribution in [1.29, 1.82) is 5.26 Å².